The predicted octanol–water partition coefficient (Wildman–Crippen LogP) is 7.59. The van der Waals surface area contributed by atoms with E-state index >= 15 is 0 Å². The number of phenolic OH excluding ortho intramolecular Hbond substituents is 1. The lowest BCUT2D eigenvalue weighted by molar-refractivity contribution is 0.197. The minimum Gasteiger partial charge on any atom is -0.508 e. The van der Waals surface area contributed by atoms with Crippen molar-refractivity contribution in [1.82, 2.24) is 4.90 Å². The van der Waals surface area contributed by atoms with E-state index in [9.17, 15) is 5.11 Å². The zero-order valence-electron chi connectivity index (χ0n) is 25.7. The van der Waals surface area contributed by atoms with Crippen molar-refractivity contribution in [2.24, 2.45) is 11.8 Å². The molecule has 42 heavy (non-hydrogen) atoms. The Morgan fingerprint density at radius 3 is 2.26 bits per heavy atom. The molecule has 3 aromatic rings. The molecule has 1 atom stereocenters. The highest BCUT2D eigenvalue weighted by molar-refractivity contribution is 5.60. The number of hydrogen-bond acceptors (Lipinski definition) is 5. The topological polar surface area (TPSA) is 45.2 Å². The Morgan fingerprint density at radius 1 is 0.857 bits per heavy atom. The van der Waals surface area contributed by atoms with Gasteiger partial charge in [-0.1, -0.05) is 24.3 Å². The van der Waals surface area contributed by atoms with Crippen LogP contribution in [0.2, 0.25) is 0 Å². The molecule has 0 aromatic heterocycles. The van der Waals surface area contributed by atoms with Crippen LogP contribution in [0.25, 0.3) is 0 Å². The molecular formula is C37H48N2O3. The second-order valence-corrected chi connectivity index (χ2v) is 13.2. The Labute approximate surface area is 252 Å². The Bertz CT molecular complexity index is 1320. The van der Waals surface area contributed by atoms with Crippen molar-refractivity contribution in [3.8, 4) is 17.2 Å². The fraction of sp³-hybridized carbons (Fsp3) is 0.514. The third-order valence-electron chi connectivity index (χ3n) is 9.98. The molecule has 2 saturated heterocycles. The van der Waals surface area contributed by atoms with E-state index in [0.29, 0.717) is 17.7 Å². The molecule has 2 aliphatic heterocycles. The van der Waals surface area contributed by atoms with Gasteiger partial charge in [0.2, 0.25) is 0 Å². The second kappa shape index (κ2) is 13.0. The van der Waals surface area contributed by atoms with Crippen molar-refractivity contribution in [2.75, 3.05) is 38.3 Å². The van der Waals surface area contributed by atoms with E-state index in [1.165, 1.54) is 66.7 Å². The molecule has 5 nitrogen and oxygen atoms in total. The molecule has 4 aliphatic rings. The van der Waals surface area contributed by atoms with Crippen LogP contribution in [0.3, 0.4) is 0 Å². The van der Waals surface area contributed by atoms with Gasteiger partial charge in [0.25, 0.3) is 0 Å². The third kappa shape index (κ3) is 6.72. The molecule has 2 aliphatic carbocycles. The summed E-state index contributed by atoms with van der Waals surface area (Å²) in [6.07, 6.45) is 8.75. The molecule has 0 amide bonds. The van der Waals surface area contributed by atoms with E-state index in [1.54, 1.807) is 7.11 Å². The van der Waals surface area contributed by atoms with Gasteiger partial charge in [-0.05, 0) is 129 Å². The fourth-order valence-corrected chi connectivity index (χ4v) is 7.56. The zero-order valence-corrected chi connectivity index (χ0v) is 25.7. The van der Waals surface area contributed by atoms with Gasteiger partial charge in [-0.15, -0.1) is 0 Å². The van der Waals surface area contributed by atoms with Crippen LogP contribution in [0.15, 0.2) is 60.7 Å². The van der Waals surface area contributed by atoms with Crippen molar-refractivity contribution in [3.63, 3.8) is 0 Å². The van der Waals surface area contributed by atoms with E-state index in [4.69, 9.17) is 9.47 Å². The summed E-state index contributed by atoms with van der Waals surface area (Å²) >= 11 is 0. The number of aryl methyl sites for hydroxylation is 1. The second-order valence-electron chi connectivity index (χ2n) is 13.2. The lowest BCUT2D eigenvalue weighted by Crippen LogP contribution is -2.32. The van der Waals surface area contributed by atoms with Gasteiger partial charge in [0, 0.05) is 44.0 Å². The summed E-state index contributed by atoms with van der Waals surface area (Å²) in [5.74, 6) is 4.45. The maximum Gasteiger partial charge on any atom is 0.120 e. The molecule has 1 unspecified atom stereocenters. The molecule has 224 valence electrons. The highest BCUT2D eigenvalue weighted by Gasteiger charge is 2.29. The number of ether oxygens (including phenoxy) is 2. The Kier molecular flexibility index (Phi) is 8.95. The van der Waals surface area contributed by atoms with Gasteiger partial charge in [0.05, 0.1) is 7.11 Å². The third-order valence-corrected chi connectivity index (χ3v) is 9.98. The summed E-state index contributed by atoms with van der Waals surface area (Å²) in [6.45, 7) is 9.67. The van der Waals surface area contributed by atoms with Crippen LogP contribution in [0.1, 0.15) is 74.1 Å². The Hall–Kier alpha value is -3.18. The number of nitrogens with zero attached hydrogens (tertiary/aromatic N) is 2. The van der Waals surface area contributed by atoms with Crippen LogP contribution in [-0.2, 0) is 19.4 Å². The summed E-state index contributed by atoms with van der Waals surface area (Å²) < 4.78 is 11.9. The molecule has 1 N–H and O–H groups in total. The number of rotatable bonds is 10. The maximum absolute atomic E-state index is 9.96. The first-order valence-electron chi connectivity index (χ1n) is 16.1. The van der Waals surface area contributed by atoms with Crippen LogP contribution >= 0.6 is 0 Å². The van der Waals surface area contributed by atoms with Crippen LogP contribution in [0.5, 0.6) is 17.2 Å². The molecule has 0 spiro atoms. The smallest absolute Gasteiger partial charge is 0.120 e. The molecule has 7 rings (SSSR count). The summed E-state index contributed by atoms with van der Waals surface area (Å²) in [7, 11) is 1.75. The monoisotopic (exact) mass is 568 g/mol. The van der Waals surface area contributed by atoms with E-state index in [1.807, 2.05) is 12.1 Å². The highest BCUT2D eigenvalue weighted by Crippen LogP contribution is 2.41. The molecule has 0 radical (unpaired) electrons. The van der Waals surface area contributed by atoms with Crippen LogP contribution in [0.4, 0.5) is 5.69 Å². The molecule has 3 aromatic carbocycles. The van der Waals surface area contributed by atoms with Crippen molar-refractivity contribution < 1.29 is 14.6 Å². The van der Waals surface area contributed by atoms with Crippen LogP contribution in [0, 0.1) is 11.8 Å². The number of benzene rings is 3. The number of anilines is 1. The van der Waals surface area contributed by atoms with Crippen molar-refractivity contribution in [3.05, 3.63) is 82.9 Å². The number of methoxy groups -OCH3 is 1. The molecule has 5 heteroatoms. The lowest BCUT2D eigenvalue weighted by Gasteiger charge is -2.35. The summed E-state index contributed by atoms with van der Waals surface area (Å²) in [6, 6.07) is 21.5. The molecule has 2 heterocycles. The first-order valence-corrected chi connectivity index (χ1v) is 16.1. The van der Waals surface area contributed by atoms with Crippen molar-refractivity contribution >= 4 is 5.69 Å². The minimum atomic E-state index is 0.323. The molecule has 3 fully saturated rings. The quantitative estimate of drug-likeness (QED) is 0.273. The lowest BCUT2D eigenvalue weighted by atomic mass is 9.79. The highest BCUT2D eigenvalue weighted by atomic mass is 16.5. The number of hydrogen-bond donors (Lipinski definition) is 1. The van der Waals surface area contributed by atoms with E-state index in [0.717, 1.165) is 62.3 Å². The van der Waals surface area contributed by atoms with Gasteiger partial charge in [-0.25, -0.2) is 0 Å². The minimum absolute atomic E-state index is 0.323. The molecule has 2 bridgehead atoms. The van der Waals surface area contributed by atoms with Gasteiger partial charge < -0.3 is 19.5 Å². The molecular weight excluding hydrogens is 520 g/mol. The molecule has 1 saturated carbocycles. The largest absolute Gasteiger partial charge is 0.508 e. The van der Waals surface area contributed by atoms with Crippen molar-refractivity contribution in [2.45, 2.75) is 77.3 Å². The van der Waals surface area contributed by atoms with E-state index in [-0.39, 0.29) is 0 Å². The normalized spacial score (nSPS) is 22.0. The summed E-state index contributed by atoms with van der Waals surface area (Å²) in [5, 5.41) is 9.96. The van der Waals surface area contributed by atoms with E-state index < -0.39 is 0 Å². The van der Waals surface area contributed by atoms with Gasteiger partial charge in [0.15, 0.2) is 0 Å². The first kappa shape index (κ1) is 28.9. The average molecular weight is 569 g/mol. The number of phenols is 1. The summed E-state index contributed by atoms with van der Waals surface area (Å²) in [5.41, 5.74) is 6.54. The number of fused-ring (bicyclic) bond motifs is 5. The van der Waals surface area contributed by atoms with E-state index in [2.05, 4.69) is 72.2 Å². The first-order chi connectivity index (χ1) is 20.4. The van der Waals surface area contributed by atoms with Gasteiger partial charge in [0.1, 0.15) is 23.9 Å². The fourth-order valence-electron chi connectivity index (χ4n) is 7.56. The summed E-state index contributed by atoms with van der Waals surface area (Å²) in [4.78, 5) is 5.15. The average Bonchev–Trinajstić information content (AvgIpc) is 3.33. The van der Waals surface area contributed by atoms with Gasteiger partial charge >= 0.3 is 0 Å². The Morgan fingerprint density at radius 2 is 1.57 bits per heavy atom. The van der Waals surface area contributed by atoms with Crippen LogP contribution in [-0.4, -0.2) is 49.4 Å². The standard InChI is InChI=1S/C37H48N2O3/c1-26(2)39(25-29-8-14-34(15-9-29)42-19-18-38-23-27-4-5-28(24-38)7-6-27)37-22-35(41-3)16-17-36(37)32-11-10-31-21-33(40)13-12-30(31)20-32/h8-9,12-17,21-22,26-28,32,40H,4-7,10-11,18-20,23-25H2,1-3H3. The zero-order chi connectivity index (χ0) is 29.1. The van der Waals surface area contributed by atoms with Gasteiger partial charge in [-0.2, -0.15) is 0 Å². The van der Waals surface area contributed by atoms with Crippen molar-refractivity contribution in [1.29, 1.82) is 0 Å². The SMILES string of the molecule is COc1ccc(C2CCc3cc(O)ccc3C2)c(N(Cc2ccc(OCCN3CC4CCC(CC4)C3)cc2)C(C)C)c1. The number of aromatic hydroxyl groups is 1. The predicted molar refractivity (Wildman–Crippen MR) is 171 cm³/mol. The maximum atomic E-state index is 9.96. The van der Waals surface area contributed by atoms with Gasteiger partial charge in [-0.3, -0.25) is 4.90 Å². The van der Waals surface area contributed by atoms with Crippen LogP contribution < -0.4 is 14.4 Å². The Balaban J connectivity index is 1.13.